The van der Waals surface area contributed by atoms with E-state index in [1.165, 1.54) is 0 Å². The zero-order valence-corrected chi connectivity index (χ0v) is 9.32. The van der Waals surface area contributed by atoms with Crippen molar-refractivity contribution in [3.8, 4) is 0 Å². The highest BCUT2D eigenvalue weighted by atomic mass is 35.5. The minimum atomic E-state index is 0.407. The Bertz CT molecular complexity index is 509. The Morgan fingerprint density at radius 3 is 2.50 bits per heavy atom. The summed E-state index contributed by atoms with van der Waals surface area (Å²) >= 11 is 12.0. The van der Waals surface area contributed by atoms with Gasteiger partial charge in [-0.3, -0.25) is 0 Å². The van der Waals surface area contributed by atoms with Gasteiger partial charge in [-0.1, -0.05) is 29.3 Å². The first kappa shape index (κ1) is 9.69. The molecule has 0 aliphatic rings. The van der Waals surface area contributed by atoms with Crippen LogP contribution in [-0.2, 0) is 0 Å². The molecule has 1 aromatic heterocycles. The maximum atomic E-state index is 6.09. The molecule has 2 nitrogen and oxygen atoms in total. The standard InChI is InChI=1S/C10H8Cl2N2/c1-5-3-4-7-9(8(5)11)14-10(12)6(2)13-7/h3-4H,1-2H3. The van der Waals surface area contributed by atoms with Crippen LogP contribution in [0.25, 0.3) is 11.0 Å². The van der Waals surface area contributed by atoms with Gasteiger partial charge in [0.1, 0.15) is 5.52 Å². The quantitative estimate of drug-likeness (QED) is 0.687. The van der Waals surface area contributed by atoms with Crippen LogP contribution in [0.2, 0.25) is 10.2 Å². The van der Waals surface area contributed by atoms with Gasteiger partial charge in [0.15, 0.2) is 5.15 Å². The van der Waals surface area contributed by atoms with Crippen LogP contribution in [0.15, 0.2) is 12.1 Å². The largest absolute Gasteiger partial charge is 0.248 e. The molecule has 0 spiro atoms. The molecule has 0 aliphatic carbocycles. The van der Waals surface area contributed by atoms with Crippen LogP contribution in [0.5, 0.6) is 0 Å². The monoisotopic (exact) mass is 226 g/mol. The molecule has 1 heterocycles. The lowest BCUT2D eigenvalue weighted by atomic mass is 10.2. The summed E-state index contributed by atoms with van der Waals surface area (Å²) in [5.74, 6) is 0. The molecule has 0 N–H and O–H groups in total. The first-order valence-electron chi connectivity index (χ1n) is 4.18. The van der Waals surface area contributed by atoms with E-state index in [0.29, 0.717) is 15.7 Å². The maximum Gasteiger partial charge on any atom is 0.151 e. The summed E-state index contributed by atoms with van der Waals surface area (Å²) in [5.41, 5.74) is 3.15. The zero-order valence-electron chi connectivity index (χ0n) is 7.81. The van der Waals surface area contributed by atoms with Gasteiger partial charge in [-0.2, -0.15) is 0 Å². The summed E-state index contributed by atoms with van der Waals surface area (Å²) < 4.78 is 0. The molecule has 0 saturated heterocycles. The molecule has 72 valence electrons. The van der Waals surface area contributed by atoms with Gasteiger partial charge in [-0.15, -0.1) is 0 Å². The van der Waals surface area contributed by atoms with Crippen molar-refractivity contribution in [2.75, 3.05) is 0 Å². The van der Waals surface area contributed by atoms with Crippen LogP contribution in [0.4, 0.5) is 0 Å². The summed E-state index contributed by atoms with van der Waals surface area (Å²) in [7, 11) is 0. The van der Waals surface area contributed by atoms with Crippen LogP contribution >= 0.6 is 23.2 Å². The second-order valence-electron chi connectivity index (χ2n) is 3.16. The SMILES string of the molecule is Cc1ccc2nc(C)c(Cl)nc2c1Cl. The number of hydrogen-bond donors (Lipinski definition) is 0. The third-order valence-electron chi connectivity index (χ3n) is 2.08. The van der Waals surface area contributed by atoms with Crippen LogP contribution in [-0.4, -0.2) is 9.97 Å². The molecular formula is C10H8Cl2N2. The fourth-order valence-electron chi connectivity index (χ4n) is 1.26. The van der Waals surface area contributed by atoms with Crippen molar-refractivity contribution < 1.29 is 0 Å². The number of aromatic nitrogens is 2. The van der Waals surface area contributed by atoms with Gasteiger partial charge >= 0.3 is 0 Å². The Morgan fingerprint density at radius 2 is 1.79 bits per heavy atom. The highest BCUT2D eigenvalue weighted by Gasteiger charge is 2.07. The van der Waals surface area contributed by atoms with Gasteiger partial charge in [0.25, 0.3) is 0 Å². The Balaban J connectivity index is 2.89. The third kappa shape index (κ3) is 1.45. The molecular weight excluding hydrogens is 219 g/mol. The molecule has 0 saturated carbocycles. The number of rotatable bonds is 0. The van der Waals surface area contributed by atoms with E-state index < -0.39 is 0 Å². The molecule has 4 heteroatoms. The summed E-state index contributed by atoms with van der Waals surface area (Å²) in [6, 6.07) is 3.82. The Kier molecular flexibility index (Phi) is 2.33. The Labute approximate surface area is 91.9 Å². The third-order valence-corrected chi connectivity index (χ3v) is 2.92. The van der Waals surface area contributed by atoms with Gasteiger partial charge in [-0.25, -0.2) is 9.97 Å². The fourth-order valence-corrected chi connectivity index (χ4v) is 1.59. The number of benzene rings is 1. The van der Waals surface area contributed by atoms with Gasteiger partial charge in [0, 0.05) is 0 Å². The highest BCUT2D eigenvalue weighted by molar-refractivity contribution is 6.36. The molecule has 1 aromatic carbocycles. The van der Waals surface area contributed by atoms with Crippen molar-refractivity contribution in [1.82, 2.24) is 9.97 Å². The lowest BCUT2D eigenvalue weighted by molar-refractivity contribution is 1.18. The van der Waals surface area contributed by atoms with E-state index in [0.717, 1.165) is 16.8 Å². The lowest BCUT2D eigenvalue weighted by Crippen LogP contribution is -1.91. The highest BCUT2D eigenvalue weighted by Crippen LogP contribution is 2.26. The average Bonchev–Trinajstić information content (AvgIpc) is 2.15. The van der Waals surface area contributed by atoms with Crippen LogP contribution in [0.3, 0.4) is 0 Å². The summed E-state index contributed by atoms with van der Waals surface area (Å²) in [6.45, 7) is 3.75. The summed E-state index contributed by atoms with van der Waals surface area (Å²) in [5, 5.41) is 1.03. The van der Waals surface area contributed by atoms with E-state index in [1.54, 1.807) is 0 Å². The predicted molar refractivity (Wildman–Crippen MR) is 59.0 cm³/mol. The van der Waals surface area contributed by atoms with Gasteiger partial charge in [-0.05, 0) is 25.5 Å². The van der Waals surface area contributed by atoms with Crippen LogP contribution in [0, 0.1) is 13.8 Å². The number of halogens is 2. The van der Waals surface area contributed by atoms with E-state index in [2.05, 4.69) is 9.97 Å². The number of aryl methyl sites for hydroxylation is 2. The van der Waals surface area contributed by atoms with E-state index in [-0.39, 0.29) is 0 Å². The normalized spacial score (nSPS) is 10.9. The van der Waals surface area contributed by atoms with Crippen molar-refractivity contribution in [3.63, 3.8) is 0 Å². The van der Waals surface area contributed by atoms with Crippen molar-refractivity contribution >= 4 is 34.2 Å². The maximum absolute atomic E-state index is 6.09. The average molecular weight is 227 g/mol. The molecule has 0 amide bonds. The number of nitrogens with zero attached hydrogens (tertiary/aromatic N) is 2. The van der Waals surface area contributed by atoms with Crippen LogP contribution < -0.4 is 0 Å². The Morgan fingerprint density at radius 1 is 1.07 bits per heavy atom. The molecule has 0 bridgehead atoms. The molecule has 2 aromatic rings. The smallest absolute Gasteiger partial charge is 0.151 e. The fraction of sp³-hybridized carbons (Fsp3) is 0.200. The number of fused-ring (bicyclic) bond motifs is 1. The van der Waals surface area contributed by atoms with Gasteiger partial charge in [0.2, 0.25) is 0 Å². The molecule has 0 unspecified atom stereocenters. The molecule has 0 aliphatic heterocycles. The van der Waals surface area contributed by atoms with E-state index >= 15 is 0 Å². The Hall–Kier alpha value is -0.860. The molecule has 0 radical (unpaired) electrons. The minimum Gasteiger partial charge on any atom is -0.248 e. The van der Waals surface area contributed by atoms with E-state index in [4.69, 9.17) is 23.2 Å². The van der Waals surface area contributed by atoms with Crippen molar-refractivity contribution in [2.24, 2.45) is 0 Å². The first-order valence-corrected chi connectivity index (χ1v) is 4.94. The minimum absolute atomic E-state index is 0.407. The summed E-state index contributed by atoms with van der Waals surface area (Å²) in [6.07, 6.45) is 0. The van der Waals surface area contributed by atoms with E-state index in [9.17, 15) is 0 Å². The molecule has 0 fully saturated rings. The molecule has 0 atom stereocenters. The lowest BCUT2D eigenvalue weighted by Gasteiger charge is -2.04. The number of hydrogen-bond acceptors (Lipinski definition) is 2. The molecule has 14 heavy (non-hydrogen) atoms. The molecule has 2 rings (SSSR count). The zero-order chi connectivity index (χ0) is 10.3. The van der Waals surface area contributed by atoms with Crippen LogP contribution in [0.1, 0.15) is 11.3 Å². The summed E-state index contributed by atoms with van der Waals surface area (Å²) in [4.78, 5) is 8.50. The first-order chi connectivity index (χ1) is 6.59. The van der Waals surface area contributed by atoms with E-state index in [1.807, 2.05) is 26.0 Å². The second-order valence-corrected chi connectivity index (χ2v) is 3.90. The second kappa shape index (κ2) is 3.37. The van der Waals surface area contributed by atoms with Gasteiger partial charge < -0.3 is 0 Å². The predicted octanol–water partition coefficient (Wildman–Crippen LogP) is 3.55. The topological polar surface area (TPSA) is 25.8 Å². The van der Waals surface area contributed by atoms with Gasteiger partial charge in [0.05, 0.1) is 16.2 Å². The van der Waals surface area contributed by atoms with Crippen molar-refractivity contribution in [2.45, 2.75) is 13.8 Å². The van der Waals surface area contributed by atoms with Crippen molar-refractivity contribution in [3.05, 3.63) is 33.6 Å². The van der Waals surface area contributed by atoms with Crippen molar-refractivity contribution in [1.29, 1.82) is 0 Å².